The van der Waals surface area contributed by atoms with E-state index in [-0.39, 0.29) is 11.0 Å². The van der Waals surface area contributed by atoms with Crippen LogP contribution in [0.2, 0.25) is 0 Å². The lowest BCUT2D eigenvalue weighted by Crippen LogP contribution is -2.44. The molecule has 1 saturated carbocycles. The van der Waals surface area contributed by atoms with Crippen LogP contribution in [0.5, 0.6) is 0 Å². The summed E-state index contributed by atoms with van der Waals surface area (Å²) in [6.07, 6.45) is 6.71. The monoisotopic (exact) mass is 215 g/mol. The normalized spacial score (nSPS) is 16.6. The van der Waals surface area contributed by atoms with E-state index in [2.05, 4.69) is 23.1 Å². The zero-order chi connectivity index (χ0) is 10.4. The summed E-state index contributed by atoms with van der Waals surface area (Å²) in [5.74, 6) is 0.704. The standard InChI is InChI=1S/C9H17N3OS/c10-9(14)12-11-8(13)6-5-7-3-1-2-4-7/h7H,1-6H2,(H,11,13)(H3,10,12,14). The summed E-state index contributed by atoms with van der Waals surface area (Å²) < 4.78 is 0. The molecule has 0 aromatic rings. The molecule has 5 heteroatoms. The number of carbonyl (C=O) groups is 1. The van der Waals surface area contributed by atoms with Crippen LogP contribution in [0.4, 0.5) is 0 Å². The lowest BCUT2D eigenvalue weighted by atomic mass is 10.0. The SMILES string of the molecule is NC(=S)NNC(=O)CCC1CCCC1. The van der Waals surface area contributed by atoms with Crippen LogP contribution in [0.15, 0.2) is 0 Å². The number of hydrogen-bond donors (Lipinski definition) is 3. The van der Waals surface area contributed by atoms with Crippen LogP contribution in [0.25, 0.3) is 0 Å². The van der Waals surface area contributed by atoms with Gasteiger partial charge >= 0.3 is 0 Å². The molecule has 1 rings (SSSR count). The van der Waals surface area contributed by atoms with Crippen molar-refractivity contribution in [1.29, 1.82) is 0 Å². The van der Waals surface area contributed by atoms with Crippen LogP contribution in [0.1, 0.15) is 38.5 Å². The minimum Gasteiger partial charge on any atom is -0.375 e. The first-order chi connectivity index (χ1) is 6.68. The number of hydrogen-bond acceptors (Lipinski definition) is 2. The summed E-state index contributed by atoms with van der Waals surface area (Å²) in [4.78, 5) is 11.2. The topological polar surface area (TPSA) is 67.2 Å². The van der Waals surface area contributed by atoms with Crippen molar-refractivity contribution in [1.82, 2.24) is 10.9 Å². The van der Waals surface area contributed by atoms with Crippen LogP contribution < -0.4 is 16.6 Å². The van der Waals surface area contributed by atoms with Crippen molar-refractivity contribution in [3.8, 4) is 0 Å². The number of hydrazine groups is 1. The van der Waals surface area contributed by atoms with Gasteiger partial charge < -0.3 is 5.73 Å². The molecule has 0 unspecified atom stereocenters. The maximum atomic E-state index is 11.2. The molecule has 0 aliphatic heterocycles. The molecule has 80 valence electrons. The van der Waals surface area contributed by atoms with Crippen LogP contribution in [0.3, 0.4) is 0 Å². The average Bonchev–Trinajstić information content (AvgIpc) is 2.63. The predicted octanol–water partition coefficient (Wildman–Crippen LogP) is 0.821. The van der Waals surface area contributed by atoms with Crippen molar-refractivity contribution in [3.05, 3.63) is 0 Å². The van der Waals surface area contributed by atoms with Crippen molar-refractivity contribution >= 4 is 23.2 Å². The molecule has 1 aliphatic rings. The van der Waals surface area contributed by atoms with E-state index in [1.165, 1.54) is 25.7 Å². The van der Waals surface area contributed by atoms with Gasteiger partial charge in [0.1, 0.15) is 0 Å². The Balaban J connectivity index is 2.05. The van der Waals surface area contributed by atoms with Gasteiger partial charge in [0.15, 0.2) is 5.11 Å². The van der Waals surface area contributed by atoms with Crippen LogP contribution in [-0.4, -0.2) is 11.0 Å². The fourth-order valence-corrected chi connectivity index (χ4v) is 1.88. The summed E-state index contributed by atoms with van der Waals surface area (Å²) in [5.41, 5.74) is 10.0. The van der Waals surface area contributed by atoms with Gasteiger partial charge in [-0.15, -0.1) is 0 Å². The maximum Gasteiger partial charge on any atom is 0.238 e. The van der Waals surface area contributed by atoms with E-state index in [9.17, 15) is 4.79 Å². The number of carbonyl (C=O) groups excluding carboxylic acids is 1. The van der Waals surface area contributed by atoms with Crippen LogP contribution in [-0.2, 0) is 4.79 Å². The lowest BCUT2D eigenvalue weighted by molar-refractivity contribution is -0.121. The number of amides is 1. The second-order valence-electron chi connectivity index (χ2n) is 3.73. The van der Waals surface area contributed by atoms with Gasteiger partial charge in [0.2, 0.25) is 5.91 Å². The zero-order valence-corrected chi connectivity index (χ0v) is 9.03. The second kappa shape index (κ2) is 5.80. The highest BCUT2D eigenvalue weighted by Crippen LogP contribution is 2.28. The van der Waals surface area contributed by atoms with E-state index in [0.29, 0.717) is 6.42 Å². The molecule has 0 saturated heterocycles. The molecule has 14 heavy (non-hydrogen) atoms. The van der Waals surface area contributed by atoms with E-state index in [4.69, 9.17) is 5.73 Å². The Bertz CT molecular complexity index is 214. The summed E-state index contributed by atoms with van der Waals surface area (Å²) in [7, 11) is 0. The van der Waals surface area contributed by atoms with Gasteiger partial charge in [0.05, 0.1) is 0 Å². The third kappa shape index (κ3) is 4.41. The van der Waals surface area contributed by atoms with Crippen LogP contribution >= 0.6 is 12.2 Å². The van der Waals surface area contributed by atoms with Gasteiger partial charge in [-0.1, -0.05) is 25.7 Å². The van der Waals surface area contributed by atoms with E-state index in [1.54, 1.807) is 0 Å². The summed E-state index contributed by atoms with van der Waals surface area (Å²) in [6.45, 7) is 0. The van der Waals surface area contributed by atoms with Gasteiger partial charge in [-0.3, -0.25) is 15.6 Å². The number of nitrogens with one attached hydrogen (secondary N) is 2. The Morgan fingerprint density at radius 3 is 2.57 bits per heavy atom. The van der Waals surface area contributed by atoms with Gasteiger partial charge in [0, 0.05) is 6.42 Å². The highest BCUT2D eigenvalue weighted by molar-refractivity contribution is 7.80. The molecule has 0 aromatic heterocycles. The summed E-state index contributed by atoms with van der Waals surface area (Å²) >= 11 is 4.56. The van der Waals surface area contributed by atoms with Gasteiger partial charge in [-0.2, -0.15) is 0 Å². The smallest absolute Gasteiger partial charge is 0.238 e. The molecule has 0 atom stereocenters. The summed E-state index contributed by atoms with van der Waals surface area (Å²) in [5, 5.41) is 0.0965. The van der Waals surface area contributed by atoms with Gasteiger partial charge in [-0.05, 0) is 24.6 Å². The lowest BCUT2D eigenvalue weighted by Gasteiger charge is -2.09. The second-order valence-corrected chi connectivity index (χ2v) is 4.17. The molecular formula is C9H17N3OS. The van der Waals surface area contributed by atoms with E-state index >= 15 is 0 Å². The fourth-order valence-electron chi connectivity index (χ4n) is 1.83. The molecule has 4 nitrogen and oxygen atoms in total. The molecule has 0 spiro atoms. The predicted molar refractivity (Wildman–Crippen MR) is 59.3 cm³/mol. The minimum absolute atomic E-state index is 0.0373. The molecule has 0 aromatic carbocycles. The number of rotatable bonds is 3. The molecule has 0 radical (unpaired) electrons. The van der Waals surface area contributed by atoms with E-state index in [0.717, 1.165) is 12.3 Å². The first-order valence-electron chi connectivity index (χ1n) is 5.03. The molecule has 0 heterocycles. The first kappa shape index (κ1) is 11.2. The fraction of sp³-hybridized carbons (Fsp3) is 0.778. The quantitative estimate of drug-likeness (QED) is 0.482. The van der Waals surface area contributed by atoms with Crippen molar-refractivity contribution < 1.29 is 4.79 Å². The Hall–Kier alpha value is -0.840. The zero-order valence-electron chi connectivity index (χ0n) is 8.21. The van der Waals surface area contributed by atoms with Crippen molar-refractivity contribution in [2.24, 2.45) is 11.7 Å². The van der Waals surface area contributed by atoms with Crippen molar-refractivity contribution in [3.63, 3.8) is 0 Å². The van der Waals surface area contributed by atoms with Crippen LogP contribution in [0, 0.1) is 5.92 Å². The Labute approximate surface area is 89.6 Å². The summed E-state index contributed by atoms with van der Waals surface area (Å²) in [6, 6.07) is 0. The average molecular weight is 215 g/mol. The molecule has 1 fully saturated rings. The minimum atomic E-state index is -0.0373. The third-order valence-electron chi connectivity index (χ3n) is 2.58. The first-order valence-corrected chi connectivity index (χ1v) is 5.43. The Morgan fingerprint density at radius 1 is 1.36 bits per heavy atom. The Kier molecular flexibility index (Phi) is 4.65. The number of thiocarbonyl (C=S) groups is 1. The van der Waals surface area contributed by atoms with Gasteiger partial charge in [-0.25, -0.2) is 0 Å². The third-order valence-corrected chi connectivity index (χ3v) is 2.68. The molecule has 0 bridgehead atoms. The van der Waals surface area contributed by atoms with Crippen molar-refractivity contribution in [2.45, 2.75) is 38.5 Å². The maximum absolute atomic E-state index is 11.2. The number of nitrogens with two attached hydrogens (primary N) is 1. The molecule has 4 N–H and O–H groups in total. The van der Waals surface area contributed by atoms with E-state index in [1.807, 2.05) is 0 Å². The molecule has 1 amide bonds. The van der Waals surface area contributed by atoms with Gasteiger partial charge in [0.25, 0.3) is 0 Å². The van der Waals surface area contributed by atoms with E-state index < -0.39 is 0 Å². The highest BCUT2D eigenvalue weighted by atomic mass is 32.1. The largest absolute Gasteiger partial charge is 0.375 e. The molecular weight excluding hydrogens is 198 g/mol. The Morgan fingerprint density at radius 2 is 2.00 bits per heavy atom. The molecule has 1 aliphatic carbocycles. The van der Waals surface area contributed by atoms with Crippen molar-refractivity contribution in [2.75, 3.05) is 0 Å². The highest BCUT2D eigenvalue weighted by Gasteiger charge is 2.15.